The molecule has 0 spiro atoms. The second-order valence-corrected chi connectivity index (χ2v) is 12.1. The summed E-state index contributed by atoms with van der Waals surface area (Å²) in [6.07, 6.45) is 22.1. The van der Waals surface area contributed by atoms with Gasteiger partial charge in [-0.3, -0.25) is 0 Å². The van der Waals surface area contributed by atoms with Crippen LogP contribution in [0.4, 0.5) is 0 Å². The Labute approximate surface area is 265 Å². The highest BCUT2D eigenvalue weighted by atomic mass is 14.5. The molecule has 0 aliphatic heterocycles. The summed E-state index contributed by atoms with van der Waals surface area (Å²) in [6, 6.07) is 7.29. The molecule has 1 aromatic rings. The minimum absolute atomic E-state index is 0.0534. The van der Waals surface area contributed by atoms with Crippen molar-refractivity contribution in [1.82, 2.24) is 0 Å². The third-order valence-electron chi connectivity index (χ3n) is 9.60. The first-order chi connectivity index (χ1) is 20.6. The van der Waals surface area contributed by atoms with Crippen molar-refractivity contribution in [2.75, 3.05) is 0 Å². The van der Waals surface area contributed by atoms with Crippen LogP contribution < -0.4 is 0 Å². The standard InChI is InChI=1S/C43H58/c1-14-22-34(18-5)42-39-27-26-36(29-40(39)43(20-7,21-8)41(42)28-30(9)10)31(11)32(12)37(19-6)38(25-17-4)33(13)35(23-15-2)24-16-3/h14-16,18-19,23-24,26-29,31-32H,1-2,5,9,17,20-22,25H2,3-4,6-8,10-13H3/b24-16-,35-23+,37-19-,38-33+,41-28+,42-34-. The highest BCUT2D eigenvalue weighted by molar-refractivity contribution is 5.93. The zero-order valence-corrected chi connectivity index (χ0v) is 28.9. The van der Waals surface area contributed by atoms with Gasteiger partial charge >= 0.3 is 0 Å². The first-order valence-electron chi connectivity index (χ1n) is 16.4. The van der Waals surface area contributed by atoms with E-state index in [1.54, 1.807) is 0 Å². The molecule has 2 unspecified atom stereocenters. The van der Waals surface area contributed by atoms with Crippen molar-refractivity contribution >= 4 is 5.57 Å². The third kappa shape index (κ3) is 7.41. The van der Waals surface area contributed by atoms with E-state index >= 15 is 0 Å². The normalized spacial score (nSPS) is 19.1. The predicted octanol–water partition coefficient (Wildman–Crippen LogP) is 13.3. The Morgan fingerprint density at radius 3 is 2.16 bits per heavy atom. The lowest BCUT2D eigenvalue weighted by atomic mass is 9.71. The molecule has 230 valence electrons. The summed E-state index contributed by atoms with van der Waals surface area (Å²) >= 11 is 0. The molecule has 0 fully saturated rings. The molecule has 43 heavy (non-hydrogen) atoms. The maximum absolute atomic E-state index is 4.29. The summed E-state index contributed by atoms with van der Waals surface area (Å²) < 4.78 is 0. The first-order valence-corrected chi connectivity index (χ1v) is 16.4. The Bertz CT molecular complexity index is 1380. The van der Waals surface area contributed by atoms with Gasteiger partial charge in [-0.1, -0.05) is 133 Å². The van der Waals surface area contributed by atoms with Gasteiger partial charge in [0.05, 0.1) is 0 Å². The van der Waals surface area contributed by atoms with Crippen molar-refractivity contribution in [1.29, 1.82) is 0 Å². The number of fused-ring (bicyclic) bond motifs is 1. The van der Waals surface area contributed by atoms with Crippen LogP contribution in [-0.2, 0) is 5.41 Å². The minimum atomic E-state index is -0.0534. The van der Waals surface area contributed by atoms with Crippen LogP contribution in [0.3, 0.4) is 0 Å². The van der Waals surface area contributed by atoms with Crippen molar-refractivity contribution in [3.05, 3.63) is 149 Å². The number of hydrogen-bond acceptors (Lipinski definition) is 0. The van der Waals surface area contributed by atoms with Gasteiger partial charge in [0, 0.05) is 5.41 Å². The van der Waals surface area contributed by atoms with Crippen LogP contribution in [0.1, 0.15) is 117 Å². The fourth-order valence-corrected chi connectivity index (χ4v) is 7.10. The summed E-state index contributed by atoms with van der Waals surface area (Å²) in [5.74, 6) is 0.712. The van der Waals surface area contributed by atoms with Crippen molar-refractivity contribution in [3.63, 3.8) is 0 Å². The van der Waals surface area contributed by atoms with E-state index in [1.165, 1.54) is 55.7 Å². The van der Waals surface area contributed by atoms with Crippen LogP contribution in [0.15, 0.2) is 132 Å². The molecular formula is C43H58. The van der Waals surface area contributed by atoms with Crippen LogP contribution in [0.5, 0.6) is 0 Å². The number of hydrogen-bond donors (Lipinski definition) is 0. The van der Waals surface area contributed by atoms with E-state index < -0.39 is 0 Å². The summed E-state index contributed by atoms with van der Waals surface area (Å²) in [7, 11) is 0. The molecule has 0 N–H and O–H groups in total. The smallest absolute Gasteiger partial charge is 0.0210 e. The summed E-state index contributed by atoms with van der Waals surface area (Å²) in [4.78, 5) is 0. The molecule has 0 nitrogen and oxygen atoms in total. The van der Waals surface area contributed by atoms with Gasteiger partial charge in [0.25, 0.3) is 0 Å². The van der Waals surface area contributed by atoms with Gasteiger partial charge in [0.2, 0.25) is 0 Å². The zero-order valence-electron chi connectivity index (χ0n) is 28.9. The van der Waals surface area contributed by atoms with E-state index in [1.807, 2.05) is 18.2 Å². The second kappa shape index (κ2) is 16.5. The maximum atomic E-state index is 4.29. The Balaban J connectivity index is 2.81. The molecule has 0 heteroatoms. The largest absolute Gasteiger partial charge is 0.103 e. The van der Waals surface area contributed by atoms with E-state index in [2.05, 4.69) is 137 Å². The molecule has 0 saturated carbocycles. The van der Waals surface area contributed by atoms with Crippen molar-refractivity contribution < 1.29 is 0 Å². The molecule has 1 aliphatic rings. The molecule has 0 heterocycles. The topological polar surface area (TPSA) is 0 Å². The lowest BCUT2D eigenvalue weighted by molar-refractivity contribution is 0.487. The first kappa shape index (κ1) is 35.8. The average Bonchev–Trinajstić information content (AvgIpc) is 3.26. The monoisotopic (exact) mass is 574 g/mol. The Morgan fingerprint density at radius 1 is 1.00 bits per heavy atom. The molecule has 0 saturated heterocycles. The van der Waals surface area contributed by atoms with Gasteiger partial charge in [0.1, 0.15) is 0 Å². The molecule has 0 amide bonds. The SMILES string of the molecule is C=C/C=C(\C=C/C)C(/C)=C(CCC)/C(=C\C)C(C)C(C)c1ccc2c(c1)C(CC)(CC)C(=C/C(=C)C)/C2=C(/C=C)CC=C. The Morgan fingerprint density at radius 2 is 1.67 bits per heavy atom. The molecule has 2 atom stereocenters. The van der Waals surface area contributed by atoms with Gasteiger partial charge in [0.15, 0.2) is 0 Å². The molecule has 1 aliphatic carbocycles. The Kier molecular flexibility index (Phi) is 13.7. The van der Waals surface area contributed by atoms with Gasteiger partial charge in [-0.25, -0.2) is 0 Å². The zero-order chi connectivity index (χ0) is 32.3. The molecule has 0 bridgehead atoms. The maximum Gasteiger partial charge on any atom is 0.0210 e. The molecule has 2 rings (SSSR count). The highest BCUT2D eigenvalue weighted by Gasteiger charge is 2.44. The minimum Gasteiger partial charge on any atom is -0.103 e. The highest BCUT2D eigenvalue weighted by Crippen LogP contribution is 2.56. The average molecular weight is 575 g/mol. The van der Waals surface area contributed by atoms with Crippen LogP contribution in [-0.4, -0.2) is 0 Å². The predicted molar refractivity (Wildman–Crippen MR) is 196 cm³/mol. The van der Waals surface area contributed by atoms with Gasteiger partial charge in [-0.2, -0.15) is 0 Å². The van der Waals surface area contributed by atoms with Crippen molar-refractivity contribution in [2.24, 2.45) is 5.92 Å². The van der Waals surface area contributed by atoms with Crippen LogP contribution in [0, 0.1) is 5.92 Å². The fourth-order valence-electron chi connectivity index (χ4n) is 7.10. The summed E-state index contributed by atoms with van der Waals surface area (Å²) in [5.41, 5.74) is 14.7. The molecule has 0 aromatic heterocycles. The number of allylic oxidation sites excluding steroid dienone is 16. The van der Waals surface area contributed by atoms with Crippen LogP contribution in [0.25, 0.3) is 5.57 Å². The van der Waals surface area contributed by atoms with E-state index in [9.17, 15) is 0 Å². The van der Waals surface area contributed by atoms with E-state index in [0.717, 1.165) is 37.7 Å². The molecular weight excluding hydrogens is 516 g/mol. The lowest BCUT2D eigenvalue weighted by Crippen LogP contribution is -2.24. The van der Waals surface area contributed by atoms with E-state index in [4.69, 9.17) is 0 Å². The number of benzene rings is 1. The molecule has 1 aromatic carbocycles. The van der Waals surface area contributed by atoms with Crippen molar-refractivity contribution in [2.45, 2.75) is 106 Å². The van der Waals surface area contributed by atoms with Crippen LogP contribution >= 0.6 is 0 Å². The number of rotatable bonds is 15. The van der Waals surface area contributed by atoms with Gasteiger partial charge in [-0.05, 0) is 121 Å². The van der Waals surface area contributed by atoms with E-state index in [0.29, 0.717) is 11.8 Å². The quantitative estimate of drug-likeness (QED) is 0.144. The van der Waals surface area contributed by atoms with Gasteiger partial charge in [-0.15, -0.1) is 6.58 Å². The third-order valence-corrected chi connectivity index (χ3v) is 9.60. The van der Waals surface area contributed by atoms with Crippen LogP contribution in [0.2, 0.25) is 0 Å². The Hall–Kier alpha value is -3.38. The van der Waals surface area contributed by atoms with Crippen molar-refractivity contribution in [3.8, 4) is 0 Å². The second-order valence-electron chi connectivity index (χ2n) is 12.1. The molecule has 0 radical (unpaired) electrons. The summed E-state index contributed by atoms with van der Waals surface area (Å²) in [5, 5.41) is 0. The fraction of sp³-hybridized carbons (Fsp3) is 0.395. The lowest BCUT2D eigenvalue weighted by Gasteiger charge is -2.32. The summed E-state index contributed by atoms with van der Waals surface area (Å²) in [6.45, 7) is 37.0. The van der Waals surface area contributed by atoms with E-state index in [-0.39, 0.29) is 5.41 Å². The van der Waals surface area contributed by atoms with Gasteiger partial charge < -0.3 is 0 Å².